The molecule has 0 aromatic carbocycles. The van der Waals surface area contributed by atoms with E-state index in [9.17, 15) is 0 Å². The van der Waals surface area contributed by atoms with E-state index in [2.05, 4.69) is 40.5 Å². The fourth-order valence-corrected chi connectivity index (χ4v) is 0.624. The van der Waals surface area contributed by atoms with Crippen molar-refractivity contribution in [1.29, 1.82) is 0 Å². The van der Waals surface area contributed by atoms with Gasteiger partial charge in [0.2, 0.25) is 0 Å². The van der Waals surface area contributed by atoms with Gasteiger partial charge in [-0.2, -0.15) is 0 Å². The summed E-state index contributed by atoms with van der Waals surface area (Å²) < 4.78 is 0. The van der Waals surface area contributed by atoms with Gasteiger partial charge in [0.25, 0.3) is 0 Å². The van der Waals surface area contributed by atoms with Crippen LogP contribution in [0.5, 0.6) is 0 Å². The zero-order valence-corrected chi connectivity index (χ0v) is 11.1. The third-order valence-corrected chi connectivity index (χ3v) is 1.72. The van der Waals surface area contributed by atoms with Crippen LogP contribution in [-0.2, 0) is 0 Å². The summed E-state index contributed by atoms with van der Waals surface area (Å²) in [5, 5.41) is 0. The first-order valence-corrected chi connectivity index (χ1v) is 4.97. The van der Waals surface area contributed by atoms with E-state index >= 15 is 0 Å². The number of nitrogens with zero attached hydrogens (tertiary/aromatic N) is 1. The molecule has 0 aromatic heterocycles. The second-order valence-corrected chi connectivity index (χ2v) is 2.97. The van der Waals surface area contributed by atoms with Crippen molar-refractivity contribution in [1.82, 2.24) is 4.90 Å². The van der Waals surface area contributed by atoms with Gasteiger partial charge < -0.3 is 4.90 Å². The van der Waals surface area contributed by atoms with Crippen LogP contribution in [0.15, 0.2) is 36.6 Å². The molecule has 0 unspecified atom stereocenters. The second-order valence-electron chi connectivity index (χ2n) is 2.97. The minimum absolute atomic E-state index is 1.10. The van der Waals surface area contributed by atoms with Crippen LogP contribution in [0.4, 0.5) is 0 Å². The van der Waals surface area contributed by atoms with Gasteiger partial charge in [0, 0.05) is 19.8 Å². The molecule has 0 rings (SSSR count). The molecule has 0 N–H and O–H groups in total. The van der Waals surface area contributed by atoms with Crippen LogP contribution in [0.2, 0.25) is 0 Å². The van der Waals surface area contributed by atoms with Gasteiger partial charge in [-0.15, -0.1) is 13.2 Å². The molecule has 0 spiro atoms. The van der Waals surface area contributed by atoms with E-state index in [-0.39, 0.29) is 0 Å². The van der Waals surface area contributed by atoms with E-state index in [1.807, 2.05) is 32.8 Å². The molecule has 0 aliphatic heterocycles. The molecule has 0 bridgehead atoms. The van der Waals surface area contributed by atoms with Crippen molar-refractivity contribution in [2.24, 2.45) is 0 Å². The molecule has 0 saturated heterocycles. The molecule has 0 saturated carbocycles. The van der Waals surface area contributed by atoms with Crippen LogP contribution in [0.3, 0.4) is 0 Å². The zero-order chi connectivity index (χ0) is 12.3. The third-order valence-electron chi connectivity index (χ3n) is 1.72. The van der Waals surface area contributed by atoms with Gasteiger partial charge >= 0.3 is 0 Å². The summed E-state index contributed by atoms with van der Waals surface area (Å²) in [5.41, 5.74) is 3.71. The van der Waals surface area contributed by atoms with E-state index in [1.54, 1.807) is 0 Å². The lowest BCUT2D eigenvalue weighted by Gasteiger charge is -2.17. The fourth-order valence-electron chi connectivity index (χ4n) is 0.624. The molecule has 0 atom stereocenters. The van der Waals surface area contributed by atoms with E-state index in [0.29, 0.717) is 0 Å². The molecule has 0 amide bonds. The monoisotopic (exact) mass is 197 g/mol. The molecule has 14 heavy (non-hydrogen) atoms. The highest BCUT2D eigenvalue weighted by Crippen LogP contribution is 2.12. The predicted octanol–water partition coefficient (Wildman–Crippen LogP) is 4.25. The smallest absolute Gasteiger partial charge is 0.0317 e. The lowest BCUT2D eigenvalue weighted by molar-refractivity contribution is 0.523. The zero-order valence-electron chi connectivity index (χ0n) is 11.1. The summed E-state index contributed by atoms with van der Waals surface area (Å²) >= 11 is 0. The van der Waals surface area contributed by atoms with E-state index in [0.717, 1.165) is 5.70 Å². The van der Waals surface area contributed by atoms with Crippen molar-refractivity contribution >= 4 is 0 Å². The SMILES string of the molecule is C=C.C=C(C(C)=C(C)C)N(C)C.CC. The van der Waals surface area contributed by atoms with Gasteiger partial charge in [0.1, 0.15) is 0 Å². The summed E-state index contributed by atoms with van der Waals surface area (Å²) in [6.07, 6.45) is 0. The van der Waals surface area contributed by atoms with Crippen molar-refractivity contribution < 1.29 is 0 Å². The Labute approximate surface area is 90.8 Å². The minimum Gasteiger partial charge on any atom is -0.378 e. The predicted molar refractivity (Wildman–Crippen MR) is 69.5 cm³/mol. The van der Waals surface area contributed by atoms with Gasteiger partial charge in [0.05, 0.1) is 0 Å². The molecule has 84 valence electrons. The Hall–Kier alpha value is -0.980. The molecule has 0 radical (unpaired) electrons. The second kappa shape index (κ2) is 12.0. The Morgan fingerprint density at radius 2 is 1.21 bits per heavy atom. The highest BCUT2D eigenvalue weighted by molar-refractivity contribution is 5.27. The Morgan fingerprint density at radius 3 is 1.29 bits per heavy atom. The molecule has 1 nitrogen and oxygen atoms in total. The van der Waals surface area contributed by atoms with Gasteiger partial charge in [0.15, 0.2) is 0 Å². The van der Waals surface area contributed by atoms with Gasteiger partial charge in [-0.05, 0) is 26.3 Å². The summed E-state index contributed by atoms with van der Waals surface area (Å²) in [7, 11) is 4.02. The quantitative estimate of drug-likeness (QED) is 0.472. The maximum absolute atomic E-state index is 3.94. The van der Waals surface area contributed by atoms with Crippen LogP contribution in [0, 0.1) is 0 Å². The van der Waals surface area contributed by atoms with Crippen LogP contribution >= 0.6 is 0 Å². The topological polar surface area (TPSA) is 3.24 Å². The molecule has 1 heteroatoms. The standard InChI is InChI=1S/C9H17N.C2H6.C2H4/c1-7(2)8(3)9(4)10(5)6;2*1-2/h4H2,1-3,5-6H3;1-2H3;1-2H2. The highest BCUT2D eigenvalue weighted by Gasteiger charge is 1.98. The lowest BCUT2D eigenvalue weighted by atomic mass is 10.1. The molecule has 0 heterocycles. The molecule has 0 aliphatic carbocycles. The van der Waals surface area contributed by atoms with Crippen LogP contribution in [-0.4, -0.2) is 19.0 Å². The number of hydrogen-bond acceptors (Lipinski definition) is 1. The largest absolute Gasteiger partial charge is 0.378 e. The Kier molecular flexibility index (Phi) is 16.1. The van der Waals surface area contributed by atoms with Crippen LogP contribution < -0.4 is 0 Å². The van der Waals surface area contributed by atoms with Crippen LogP contribution in [0.25, 0.3) is 0 Å². The number of hydrogen-bond donors (Lipinski definition) is 0. The molecular formula is C13H27N. The average molecular weight is 197 g/mol. The van der Waals surface area contributed by atoms with Crippen molar-refractivity contribution in [3.05, 3.63) is 36.6 Å². The molecule has 0 aromatic rings. The minimum atomic E-state index is 1.10. The van der Waals surface area contributed by atoms with E-state index < -0.39 is 0 Å². The first-order chi connectivity index (χ1) is 6.46. The fraction of sp³-hybridized carbons (Fsp3) is 0.538. The Morgan fingerprint density at radius 1 is 0.929 bits per heavy atom. The van der Waals surface area contributed by atoms with Gasteiger partial charge in [-0.1, -0.05) is 26.0 Å². The van der Waals surface area contributed by atoms with Crippen molar-refractivity contribution in [3.8, 4) is 0 Å². The highest BCUT2D eigenvalue weighted by atomic mass is 15.1. The average Bonchev–Trinajstić information content (AvgIpc) is 2.21. The number of likely N-dealkylation sites (N-methyl/N-ethyl adjacent to an activating group) is 1. The first-order valence-electron chi connectivity index (χ1n) is 4.97. The summed E-state index contributed by atoms with van der Waals surface area (Å²) in [5.74, 6) is 0. The summed E-state index contributed by atoms with van der Waals surface area (Å²) in [6, 6.07) is 0. The molecular weight excluding hydrogens is 170 g/mol. The number of allylic oxidation sites excluding steroid dienone is 2. The molecule has 0 aliphatic rings. The van der Waals surface area contributed by atoms with Gasteiger partial charge in [-0.25, -0.2) is 0 Å². The maximum atomic E-state index is 3.94. The Bertz CT molecular complexity index is 172. The van der Waals surface area contributed by atoms with Crippen LogP contribution in [0.1, 0.15) is 34.6 Å². The Balaban J connectivity index is -0.000000266. The van der Waals surface area contributed by atoms with Crippen molar-refractivity contribution in [2.45, 2.75) is 34.6 Å². The summed E-state index contributed by atoms with van der Waals surface area (Å²) in [4.78, 5) is 2.03. The lowest BCUT2D eigenvalue weighted by Crippen LogP contribution is -2.11. The first kappa shape index (κ1) is 18.7. The number of rotatable bonds is 2. The molecule has 0 fully saturated rings. The van der Waals surface area contributed by atoms with E-state index in [4.69, 9.17) is 0 Å². The van der Waals surface area contributed by atoms with Gasteiger partial charge in [-0.3, -0.25) is 0 Å². The normalized spacial score (nSPS) is 7.07. The maximum Gasteiger partial charge on any atom is 0.0317 e. The van der Waals surface area contributed by atoms with Crippen molar-refractivity contribution in [3.63, 3.8) is 0 Å². The third kappa shape index (κ3) is 9.11. The summed E-state index contributed by atoms with van der Waals surface area (Å²) in [6.45, 7) is 20.2. The van der Waals surface area contributed by atoms with Crippen molar-refractivity contribution in [2.75, 3.05) is 14.1 Å². The van der Waals surface area contributed by atoms with E-state index in [1.165, 1.54) is 11.1 Å².